The average Bonchev–Trinajstić information content (AvgIpc) is 2.28. The molecule has 0 aliphatic heterocycles. The number of benzene rings is 1. The Kier molecular flexibility index (Phi) is 4.51. The number of alkyl halides is 7. The molecule has 0 amide bonds. The molecule has 0 aliphatic rings. The molecular formula is C13H14F7N. The Balaban J connectivity index is 3.51. The van der Waals surface area contributed by atoms with Crippen molar-refractivity contribution in [3.8, 4) is 0 Å². The first-order chi connectivity index (χ1) is 9.32. The highest BCUT2D eigenvalue weighted by Gasteiger charge is 2.62. The van der Waals surface area contributed by atoms with E-state index in [0.29, 0.717) is 6.07 Å². The summed E-state index contributed by atoms with van der Waals surface area (Å²) >= 11 is 0. The number of rotatable bonds is 3. The van der Waals surface area contributed by atoms with Crippen molar-refractivity contribution in [2.75, 3.05) is 5.73 Å². The molecule has 1 atom stereocenters. The zero-order chi connectivity index (χ0) is 16.6. The Labute approximate surface area is 116 Å². The van der Waals surface area contributed by atoms with Crippen LogP contribution in [0.5, 0.6) is 0 Å². The second-order valence-electron chi connectivity index (χ2n) is 4.81. The molecule has 0 aliphatic carbocycles. The fourth-order valence-electron chi connectivity index (χ4n) is 2.03. The first-order valence-corrected chi connectivity index (χ1v) is 6.03. The minimum atomic E-state index is -5.68. The topological polar surface area (TPSA) is 26.0 Å². The van der Waals surface area contributed by atoms with Crippen molar-refractivity contribution in [1.29, 1.82) is 0 Å². The molecule has 0 aromatic heterocycles. The van der Waals surface area contributed by atoms with Gasteiger partial charge >= 0.3 is 12.4 Å². The molecule has 0 radical (unpaired) electrons. The van der Waals surface area contributed by atoms with E-state index in [1.165, 1.54) is 6.92 Å². The first-order valence-electron chi connectivity index (χ1n) is 6.03. The molecule has 0 bridgehead atoms. The van der Waals surface area contributed by atoms with Gasteiger partial charge in [0.25, 0.3) is 0 Å². The summed E-state index contributed by atoms with van der Waals surface area (Å²) in [5, 5.41) is 0. The predicted molar refractivity (Wildman–Crippen MR) is 64.5 cm³/mol. The lowest BCUT2D eigenvalue weighted by molar-refractivity contribution is -0.273. The lowest BCUT2D eigenvalue weighted by atomic mass is 9.87. The molecule has 0 heterocycles. The van der Waals surface area contributed by atoms with Gasteiger partial charge in [-0.15, -0.1) is 0 Å². The van der Waals surface area contributed by atoms with Crippen LogP contribution in [0, 0.1) is 6.92 Å². The third kappa shape index (κ3) is 3.59. The third-order valence-electron chi connectivity index (χ3n) is 3.20. The predicted octanol–water partition coefficient (Wildman–Crippen LogP) is 4.82. The maximum Gasteiger partial charge on any atom is 0.427 e. The number of nitrogens with two attached hydrogens (primary N) is 1. The van der Waals surface area contributed by atoms with Gasteiger partial charge in [0, 0.05) is 5.69 Å². The Morgan fingerprint density at radius 2 is 1.52 bits per heavy atom. The molecular weight excluding hydrogens is 303 g/mol. The molecule has 1 nitrogen and oxygen atoms in total. The summed E-state index contributed by atoms with van der Waals surface area (Å²) < 4.78 is 90.0. The van der Waals surface area contributed by atoms with E-state index in [0.717, 1.165) is 6.07 Å². The summed E-state index contributed by atoms with van der Waals surface area (Å²) in [6, 6.07) is 1.47. The largest absolute Gasteiger partial charge is 0.427 e. The minimum Gasteiger partial charge on any atom is -0.398 e. The standard InChI is InChI=1S/C13H14F7N/c1-3-8-5-9(4-7(2)10(8)21)11(14,13(18,19)20)6-12(15,16)17/h4-5H,3,6,21H2,1-2H3. The van der Waals surface area contributed by atoms with Crippen LogP contribution in [0.1, 0.15) is 30.0 Å². The molecule has 0 saturated heterocycles. The van der Waals surface area contributed by atoms with Crippen molar-refractivity contribution in [3.05, 3.63) is 28.8 Å². The quantitative estimate of drug-likeness (QED) is 0.628. The van der Waals surface area contributed by atoms with E-state index in [-0.39, 0.29) is 23.2 Å². The maximum atomic E-state index is 14.3. The monoisotopic (exact) mass is 317 g/mol. The van der Waals surface area contributed by atoms with Gasteiger partial charge in [0.2, 0.25) is 5.67 Å². The number of halogens is 7. The third-order valence-corrected chi connectivity index (χ3v) is 3.20. The lowest BCUT2D eigenvalue weighted by Gasteiger charge is -2.30. The van der Waals surface area contributed by atoms with Crippen LogP contribution in [0.2, 0.25) is 0 Å². The van der Waals surface area contributed by atoms with E-state index >= 15 is 0 Å². The smallest absolute Gasteiger partial charge is 0.398 e. The van der Waals surface area contributed by atoms with E-state index in [1.807, 2.05) is 0 Å². The summed E-state index contributed by atoms with van der Waals surface area (Å²) in [7, 11) is 0. The maximum absolute atomic E-state index is 14.3. The molecule has 0 saturated carbocycles. The zero-order valence-electron chi connectivity index (χ0n) is 11.3. The SMILES string of the molecule is CCc1cc(C(F)(CC(F)(F)F)C(F)(F)F)cc(C)c1N. The normalized spacial score (nSPS) is 15.9. The van der Waals surface area contributed by atoms with Gasteiger partial charge in [-0.3, -0.25) is 0 Å². The van der Waals surface area contributed by atoms with Crippen molar-refractivity contribution in [2.45, 2.75) is 44.7 Å². The Morgan fingerprint density at radius 3 is 1.90 bits per heavy atom. The summed E-state index contributed by atoms with van der Waals surface area (Å²) in [6.07, 6.45) is -13.4. The van der Waals surface area contributed by atoms with Crippen LogP contribution in [0.3, 0.4) is 0 Å². The minimum absolute atomic E-state index is 0.109. The highest BCUT2D eigenvalue weighted by atomic mass is 19.4. The van der Waals surface area contributed by atoms with Gasteiger partial charge in [0.1, 0.15) is 0 Å². The Bertz CT molecular complexity index is 518. The van der Waals surface area contributed by atoms with E-state index in [1.54, 1.807) is 6.92 Å². The number of hydrogen-bond donors (Lipinski definition) is 1. The highest BCUT2D eigenvalue weighted by molar-refractivity contribution is 5.56. The number of hydrogen-bond acceptors (Lipinski definition) is 1. The Hall–Kier alpha value is -1.47. The molecule has 1 aromatic carbocycles. The molecule has 21 heavy (non-hydrogen) atoms. The van der Waals surface area contributed by atoms with Gasteiger partial charge in [-0.2, -0.15) is 26.3 Å². The first kappa shape index (κ1) is 17.6. The highest BCUT2D eigenvalue weighted by Crippen LogP contribution is 2.49. The van der Waals surface area contributed by atoms with Crippen LogP contribution in [0.15, 0.2) is 12.1 Å². The van der Waals surface area contributed by atoms with E-state index < -0.39 is 30.0 Å². The second kappa shape index (κ2) is 5.38. The molecule has 0 spiro atoms. The van der Waals surface area contributed by atoms with Crippen molar-refractivity contribution in [1.82, 2.24) is 0 Å². The molecule has 8 heteroatoms. The van der Waals surface area contributed by atoms with Gasteiger partial charge in [-0.1, -0.05) is 19.1 Å². The lowest BCUT2D eigenvalue weighted by Crippen LogP contribution is -2.42. The van der Waals surface area contributed by atoms with Crippen LogP contribution < -0.4 is 5.73 Å². The molecule has 0 fully saturated rings. The number of nitrogen functional groups attached to an aromatic ring is 1. The summed E-state index contributed by atoms with van der Waals surface area (Å²) in [5.41, 5.74) is 0.489. The fraction of sp³-hybridized carbons (Fsp3) is 0.538. The molecule has 1 rings (SSSR count). The number of aryl methyl sites for hydroxylation is 2. The van der Waals surface area contributed by atoms with Gasteiger partial charge < -0.3 is 5.73 Å². The van der Waals surface area contributed by atoms with Gasteiger partial charge in [0.05, 0.1) is 6.42 Å². The summed E-state index contributed by atoms with van der Waals surface area (Å²) in [5.74, 6) is 0. The van der Waals surface area contributed by atoms with Crippen LogP contribution in [-0.4, -0.2) is 12.4 Å². The molecule has 1 unspecified atom stereocenters. The summed E-state index contributed by atoms with van der Waals surface area (Å²) in [6.45, 7) is 2.88. The zero-order valence-corrected chi connectivity index (χ0v) is 11.3. The fourth-order valence-corrected chi connectivity index (χ4v) is 2.03. The van der Waals surface area contributed by atoms with Crippen molar-refractivity contribution in [2.24, 2.45) is 0 Å². The average molecular weight is 317 g/mol. The van der Waals surface area contributed by atoms with Crippen molar-refractivity contribution in [3.63, 3.8) is 0 Å². The van der Waals surface area contributed by atoms with E-state index in [9.17, 15) is 30.7 Å². The molecule has 2 N–H and O–H groups in total. The van der Waals surface area contributed by atoms with Crippen LogP contribution in [-0.2, 0) is 12.1 Å². The van der Waals surface area contributed by atoms with Crippen LogP contribution in [0.25, 0.3) is 0 Å². The van der Waals surface area contributed by atoms with Crippen LogP contribution >= 0.6 is 0 Å². The second-order valence-corrected chi connectivity index (χ2v) is 4.81. The molecule has 120 valence electrons. The Morgan fingerprint density at radius 1 is 1.00 bits per heavy atom. The van der Waals surface area contributed by atoms with E-state index in [2.05, 4.69) is 0 Å². The van der Waals surface area contributed by atoms with Crippen molar-refractivity contribution >= 4 is 5.69 Å². The van der Waals surface area contributed by atoms with Gasteiger partial charge in [-0.25, -0.2) is 4.39 Å². The van der Waals surface area contributed by atoms with E-state index in [4.69, 9.17) is 5.73 Å². The number of anilines is 1. The van der Waals surface area contributed by atoms with Gasteiger partial charge in [0.15, 0.2) is 0 Å². The van der Waals surface area contributed by atoms with Crippen LogP contribution in [0.4, 0.5) is 36.4 Å². The van der Waals surface area contributed by atoms with Crippen molar-refractivity contribution < 1.29 is 30.7 Å². The van der Waals surface area contributed by atoms with Gasteiger partial charge in [-0.05, 0) is 30.0 Å². The summed E-state index contributed by atoms with van der Waals surface area (Å²) in [4.78, 5) is 0. The molecule has 1 aromatic rings.